The average Bonchev–Trinajstić information content (AvgIpc) is 2.45. The molecule has 4 heteroatoms. The maximum absolute atomic E-state index is 12.4. The molecule has 0 aliphatic carbocycles. The molecule has 2 rings (SSSR count). The van der Waals surface area contributed by atoms with Crippen molar-refractivity contribution in [3.8, 4) is 0 Å². The molecule has 128 valence electrons. The minimum absolute atomic E-state index is 0.107. The highest BCUT2D eigenvalue weighted by Gasteiger charge is 2.47. The highest BCUT2D eigenvalue weighted by Crippen LogP contribution is 2.39. The molecular weight excluding hydrogens is 290 g/mol. The number of nitrogens with zero attached hydrogens (tertiary/aromatic N) is 1. The van der Waals surface area contributed by atoms with Gasteiger partial charge in [-0.1, -0.05) is 19.1 Å². The molecule has 1 aromatic rings. The largest absolute Gasteiger partial charge is 0.459 e. The molecular formula is C19H29NO3. The van der Waals surface area contributed by atoms with Crippen LogP contribution in [-0.4, -0.2) is 35.3 Å². The van der Waals surface area contributed by atoms with Gasteiger partial charge in [0.15, 0.2) is 0 Å². The summed E-state index contributed by atoms with van der Waals surface area (Å²) in [6, 6.07) is 7.67. The van der Waals surface area contributed by atoms with E-state index in [0.717, 1.165) is 19.3 Å². The van der Waals surface area contributed by atoms with Crippen molar-refractivity contribution in [3.05, 3.63) is 35.4 Å². The van der Waals surface area contributed by atoms with Crippen LogP contribution in [0.3, 0.4) is 0 Å². The molecule has 0 radical (unpaired) electrons. The summed E-state index contributed by atoms with van der Waals surface area (Å²) in [5.41, 5.74) is 1.46. The second kappa shape index (κ2) is 6.62. The molecule has 0 bridgehead atoms. The molecule has 0 aromatic heterocycles. The number of aryl methyl sites for hydroxylation is 1. The first-order valence-electron chi connectivity index (χ1n) is 8.34. The lowest BCUT2D eigenvalue weighted by atomic mass is 9.80. The maximum atomic E-state index is 12.4. The summed E-state index contributed by atoms with van der Waals surface area (Å²) in [6.45, 7) is 10.6. The minimum atomic E-state index is -0.241. The van der Waals surface area contributed by atoms with Crippen LogP contribution in [0.15, 0.2) is 24.3 Å². The standard InChI is InChI=1S/C19H29NO3/c1-7-14-8-10-15(11-9-14)17(21)23-16-12-18(2,3)20(22-6)19(4,5)13-16/h8-11,16H,7,12-13H2,1-6H3. The van der Waals surface area contributed by atoms with Crippen molar-refractivity contribution in [2.24, 2.45) is 0 Å². The van der Waals surface area contributed by atoms with Crippen LogP contribution in [0.4, 0.5) is 0 Å². The van der Waals surface area contributed by atoms with E-state index in [4.69, 9.17) is 9.57 Å². The van der Waals surface area contributed by atoms with Crippen LogP contribution in [0.2, 0.25) is 0 Å². The smallest absolute Gasteiger partial charge is 0.338 e. The maximum Gasteiger partial charge on any atom is 0.338 e. The Balaban J connectivity index is 2.09. The topological polar surface area (TPSA) is 38.8 Å². The van der Waals surface area contributed by atoms with Crippen LogP contribution in [0.5, 0.6) is 0 Å². The molecule has 4 nitrogen and oxygen atoms in total. The fourth-order valence-electron chi connectivity index (χ4n) is 3.85. The summed E-state index contributed by atoms with van der Waals surface area (Å²) in [5.74, 6) is -0.241. The number of piperidine rings is 1. The van der Waals surface area contributed by atoms with E-state index < -0.39 is 0 Å². The molecule has 1 heterocycles. The molecule has 1 aliphatic rings. The summed E-state index contributed by atoms with van der Waals surface area (Å²) in [6.07, 6.45) is 2.36. The molecule has 1 aliphatic heterocycles. The van der Waals surface area contributed by atoms with Gasteiger partial charge < -0.3 is 9.57 Å². The normalized spacial score (nSPS) is 21.1. The van der Waals surface area contributed by atoms with Gasteiger partial charge in [0.25, 0.3) is 0 Å². The molecule has 0 spiro atoms. The zero-order chi connectivity index (χ0) is 17.3. The molecule has 0 N–H and O–H groups in total. The van der Waals surface area contributed by atoms with Crippen molar-refractivity contribution < 1.29 is 14.4 Å². The summed E-state index contributed by atoms with van der Waals surface area (Å²) in [4.78, 5) is 18.0. The Labute approximate surface area is 139 Å². The lowest BCUT2D eigenvalue weighted by Crippen LogP contribution is -2.61. The summed E-state index contributed by atoms with van der Waals surface area (Å²) in [7, 11) is 1.70. The van der Waals surface area contributed by atoms with E-state index in [0.29, 0.717) is 5.56 Å². The van der Waals surface area contributed by atoms with Crippen molar-refractivity contribution in [2.75, 3.05) is 7.11 Å². The van der Waals surface area contributed by atoms with Crippen molar-refractivity contribution in [3.63, 3.8) is 0 Å². The van der Waals surface area contributed by atoms with E-state index in [1.54, 1.807) is 7.11 Å². The Hall–Kier alpha value is -1.39. The van der Waals surface area contributed by atoms with Gasteiger partial charge >= 0.3 is 5.97 Å². The van der Waals surface area contributed by atoms with E-state index in [1.165, 1.54) is 5.56 Å². The number of ether oxygens (including phenoxy) is 1. The molecule has 0 atom stereocenters. The summed E-state index contributed by atoms with van der Waals surface area (Å²) >= 11 is 0. The fourth-order valence-corrected chi connectivity index (χ4v) is 3.85. The Morgan fingerprint density at radius 1 is 1.13 bits per heavy atom. The number of hydrogen-bond donors (Lipinski definition) is 0. The monoisotopic (exact) mass is 319 g/mol. The van der Waals surface area contributed by atoms with Gasteiger partial charge in [0.2, 0.25) is 0 Å². The molecule has 0 amide bonds. The fraction of sp³-hybridized carbons (Fsp3) is 0.632. The van der Waals surface area contributed by atoms with Crippen LogP contribution in [0.25, 0.3) is 0 Å². The number of rotatable bonds is 4. The number of carbonyl (C=O) groups is 1. The van der Waals surface area contributed by atoms with Gasteiger partial charge in [0, 0.05) is 23.9 Å². The molecule has 0 unspecified atom stereocenters. The van der Waals surface area contributed by atoms with Gasteiger partial charge in [0.05, 0.1) is 12.7 Å². The van der Waals surface area contributed by atoms with Gasteiger partial charge in [-0.05, 0) is 51.8 Å². The van der Waals surface area contributed by atoms with E-state index in [9.17, 15) is 4.79 Å². The lowest BCUT2D eigenvalue weighted by Gasteiger charge is -2.52. The van der Waals surface area contributed by atoms with Gasteiger partial charge in [-0.25, -0.2) is 4.79 Å². The zero-order valence-electron chi connectivity index (χ0n) is 15.2. The number of hydroxylamine groups is 2. The molecule has 1 aromatic carbocycles. The second-order valence-electron chi connectivity index (χ2n) is 7.59. The third-order valence-electron chi connectivity index (χ3n) is 4.61. The van der Waals surface area contributed by atoms with Crippen LogP contribution in [-0.2, 0) is 16.0 Å². The first-order valence-corrected chi connectivity index (χ1v) is 8.34. The molecule has 23 heavy (non-hydrogen) atoms. The van der Waals surface area contributed by atoms with Crippen molar-refractivity contribution >= 4 is 5.97 Å². The van der Waals surface area contributed by atoms with E-state index in [-0.39, 0.29) is 23.2 Å². The predicted octanol–water partition coefficient (Wildman–Crippen LogP) is 3.99. The number of carbonyl (C=O) groups excluding carboxylic acids is 1. The highest BCUT2D eigenvalue weighted by molar-refractivity contribution is 5.89. The van der Waals surface area contributed by atoms with Crippen molar-refractivity contribution in [1.29, 1.82) is 0 Å². The average molecular weight is 319 g/mol. The Morgan fingerprint density at radius 3 is 2.09 bits per heavy atom. The third-order valence-corrected chi connectivity index (χ3v) is 4.61. The summed E-state index contributed by atoms with van der Waals surface area (Å²) < 4.78 is 5.79. The third kappa shape index (κ3) is 3.93. The first kappa shape index (κ1) is 18.0. The molecule has 0 saturated carbocycles. The number of esters is 1. The van der Waals surface area contributed by atoms with Crippen LogP contribution >= 0.6 is 0 Å². The zero-order valence-corrected chi connectivity index (χ0v) is 15.2. The van der Waals surface area contributed by atoms with E-state index in [2.05, 4.69) is 34.6 Å². The van der Waals surface area contributed by atoms with Crippen LogP contribution in [0.1, 0.15) is 63.4 Å². The van der Waals surface area contributed by atoms with Crippen molar-refractivity contribution in [1.82, 2.24) is 5.06 Å². The van der Waals surface area contributed by atoms with Gasteiger partial charge in [0.1, 0.15) is 6.10 Å². The predicted molar refractivity (Wildman–Crippen MR) is 91.3 cm³/mol. The molecule has 1 saturated heterocycles. The summed E-state index contributed by atoms with van der Waals surface area (Å²) in [5, 5.41) is 2.01. The number of hydrogen-bond acceptors (Lipinski definition) is 4. The van der Waals surface area contributed by atoms with Gasteiger partial charge in [-0.3, -0.25) is 0 Å². The van der Waals surface area contributed by atoms with E-state index >= 15 is 0 Å². The number of benzene rings is 1. The van der Waals surface area contributed by atoms with Gasteiger partial charge in [-0.15, -0.1) is 0 Å². The second-order valence-corrected chi connectivity index (χ2v) is 7.59. The highest BCUT2D eigenvalue weighted by atomic mass is 16.7. The Kier molecular flexibility index (Phi) is 5.17. The van der Waals surface area contributed by atoms with Gasteiger partial charge in [-0.2, -0.15) is 5.06 Å². The molecule has 1 fully saturated rings. The Morgan fingerprint density at radius 2 is 1.65 bits per heavy atom. The first-order chi connectivity index (χ1) is 10.7. The Bertz CT molecular complexity index is 530. The van der Waals surface area contributed by atoms with Crippen LogP contribution in [0, 0.1) is 0 Å². The van der Waals surface area contributed by atoms with E-state index in [1.807, 2.05) is 29.3 Å². The SMILES string of the molecule is CCc1ccc(C(=O)OC2CC(C)(C)N(OC)C(C)(C)C2)cc1. The quantitative estimate of drug-likeness (QED) is 0.787. The van der Waals surface area contributed by atoms with Crippen molar-refractivity contribution in [2.45, 2.75) is 71.1 Å². The van der Waals surface area contributed by atoms with Crippen LogP contribution < -0.4 is 0 Å². The minimum Gasteiger partial charge on any atom is -0.459 e. The lowest BCUT2D eigenvalue weighted by molar-refractivity contribution is -0.276.